The van der Waals surface area contributed by atoms with Gasteiger partial charge in [0.25, 0.3) is 5.91 Å². The number of para-hydroxylation sites is 1. The number of fused-ring (bicyclic) bond motifs is 1. The Kier molecular flexibility index (Phi) is 4.70. The average molecular weight is 303 g/mol. The lowest BCUT2D eigenvalue weighted by Crippen LogP contribution is -2.41. The topological polar surface area (TPSA) is 67.5 Å². The van der Waals surface area contributed by atoms with E-state index in [9.17, 15) is 4.79 Å². The Hall–Kier alpha value is -1.92. The van der Waals surface area contributed by atoms with Gasteiger partial charge in [-0.15, -0.1) is 0 Å². The number of nitrogens with one attached hydrogen (secondary N) is 1. The van der Waals surface area contributed by atoms with Gasteiger partial charge in [-0.05, 0) is 18.9 Å². The molecule has 1 aromatic carbocycles. The van der Waals surface area contributed by atoms with Crippen LogP contribution in [0.1, 0.15) is 23.3 Å². The summed E-state index contributed by atoms with van der Waals surface area (Å²) in [6.07, 6.45) is 1.94. The lowest BCUT2D eigenvalue weighted by molar-refractivity contribution is -0.0123. The zero-order valence-electron chi connectivity index (χ0n) is 12.7. The molecule has 0 bridgehead atoms. The van der Waals surface area contributed by atoms with Gasteiger partial charge in [-0.2, -0.15) is 5.10 Å². The van der Waals surface area contributed by atoms with Crippen LogP contribution in [0.15, 0.2) is 24.3 Å². The molecule has 1 N–H and O–H groups in total. The molecule has 1 fully saturated rings. The summed E-state index contributed by atoms with van der Waals surface area (Å²) in [6, 6.07) is 7.70. The second kappa shape index (κ2) is 6.89. The number of nitrogens with zero attached hydrogens (tertiary/aromatic N) is 2. The van der Waals surface area contributed by atoms with Crippen molar-refractivity contribution in [3.63, 3.8) is 0 Å². The molecule has 22 heavy (non-hydrogen) atoms. The molecule has 1 amide bonds. The van der Waals surface area contributed by atoms with E-state index in [1.54, 1.807) is 7.11 Å². The highest BCUT2D eigenvalue weighted by molar-refractivity contribution is 6.04. The van der Waals surface area contributed by atoms with Gasteiger partial charge in [-0.1, -0.05) is 18.2 Å². The number of aromatic amines is 1. The maximum Gasteiger partial charge on any atom is 0.274 e. The summed E-state index contributed by atoms with van der Waals surface area (Å²) in [5, 5.41) is 7.98. The van der Waals surface area contributed by atoms with Crippen LogP contribution in [0.3, 0.4) is 0 Å². The summed E-state index contributed by atoms with van der Waals surface area (Å²) < 4.78 is 10.7. The molecular weight excluding hydrogens is 282 g/mol. The summed E-state index contributed by atoms with van der Waals surface area (Å²) >= 11 is 0. The fraction of sp³-hybridized carbons (Fsp3) is 0.500. The molecule has 6 nitrogen and oxygen atoms in total. The molecule has 0 aliphatic carbocycles. The molecule has 0 atom stereocenters. The second-order valence-corrected chi connectivity index (χ2v) is 5.47. The van der Waals surface area contributed by atoms with Gasteiger partial charge in [0.2, 0.25) is 0 Å². The largest absolute Gasteiger partial charge is 0.382 e. The molecule has 0 saturated carbocycles. The molecule has 6 heteroatoms. The zero-order valence-corrected chi connectivity index (χ0v) is 12.7. The van der Waals surface area contributed by atoms with E-state index in [-0.39, 0.29) is 12.0 Å². The predicted molar refractivity (Wildman–Crippen MR) is 82.8 cm³/mol. The summed E-state index contributed by atoms with van der Waals surface area (Å²) in [6.45, 7) is 2.63. The van der Waals surface area contributed by atoms with Crippen LogP contribution in [0.2, 0.25) is 0 Å². The fourth-order valence-corrected chi connectivity index (χ4v) is 2.80. The maximum absolute atomic E-state index is 12.6. The van der Waals surface area contributed by atoms with Crippen LogP contribution in [-0.4, -0.2) is 60.5 Å². The Bertz CT molecular complexity index is 632. The number of ether oxygens (including phenoxy) is 2. The molecule has 0 unspecified atom stereocenters. The van der Waals surface area contributed by atoms with Crippen molar-refractivity contribution in [2.75, 3.05) is 33.4 Å². The first-order valence-corrected chi connectivity index (χ1v) is 7.62. The van der Waals surface area contributed by atoms with E-state index in [0.717, 1.165) is 23.7 Å². The normalized spacial score (nSPS) is 16.3. The SMILES string of the molecule is COCCOC1CCN(C(=O)c2n[nH]c3ccccc23)CC1. The van der Waals surface area contributed by atoms with Crippen LogP contribution in [0.25, 0.3) is 10.9 Å². The van der Waals surface area contributed by atoms with Crippen molar-refractivity contribution in [1.29, 1.82) is 0 Å². The number of methoxy groups -OCH3 is 1. The number of H-pyrrole nitrogens is 1. The molecule has 0 radical (unpaired) electrons. The third-order valence-electron chi connectivity index (χ3n) is 4.04. The lowest BCUT2D eigenvalue weighted by Gasteiger charge is -2.31. The van der Waals surface area contributed by atoms with Gasteiger partial charge >= 0.3 is 0 Å². The van der Waals surface area contributed by atoms with Gasteiger partial charge in [0.15, 0.2) is 5.69 Å². The van der Waals surface area contributed by atoms with Gasteiger partial charge in [0.05, 0.1) is 24.8 Å². The van der Waals surface area contributed by atoms with Crippen LogP contribution in [0.4, 0.5) is 0 Å². The summed E-state index contributed by atoms with van der Waals surface area (Å²) in [4.78, 5) is 14.5. The highest BCUT2D eigenvalue weighted by atomic mass is 16.5. The number of benzene rings is 1. The van der Waals surface area contributed by atoms with Crippen molar-refractivity contribution in [3.8, 4) is 0 Å². The van der Waals surface area contributed by atoms with E-state index in [0.29, 0.717) is 32.0 Å². The van der Waals surface area contributed by atoms with Crippen LogP contribution in [0, 0.1) is 0 Å². The molecule has 2 aromatic rings. The summed E-state index contributed by atoms with van der Waals surface area (Å²) in [5.41, 5.74) is 1.40. The minimum absolute atomic E-state index is 0.00667. The van der Waals surface area contributed by atoms with Crippen molar-refractivity contribution >= 4 is 16.8 Å². The zero-order chi connectivity index (χ0) is 15.4. The number of hydrogen-bond acceptors (Lipinski definition) is 4. The first-order chi connectivity index (χ1) is 10.8. The Morgan fingerprint density at radius 1 is 1.32 bits per heavy atom. The van der Waals surface area contributed by atoms with Gasteiger partial charge in [-0.3, -0.25) is 9.89 Å². The summed E-state index contributed by atoms with van der Waals surface area (Å²) in [5.74, 6) is -0.00667. The first kappa shape index (κ1) is 15.0. The van der Waals surface area contributed by atoms with Crippen LogP contribution >= 0.6 is 0 Å². The number of piperidine rings is 1. The van der Waals surface area contributed by atoms with Crippen LogP contribution in [-0.2, 0) is 9.47 Å². The average Bonchev–Trinajstić information content (AvgIpc) is 2.99. The molecule has 3 rings (SSSR count). The molecule has 1 aliphatic rings. The third kappa shape index (κ3) is 3.13. The number of carbonyl (C=O) groups is 1. The fourth-order valence-electron chi connectivity index (χ4n) is 2.80. The highest BCUT2D eigenvalue weighted by Crippen LogP contribution is 2.20. The molecule has 1 aliphatic heterocycles. The highest BCUT2D eigenvalue weighted by Gasteiger charge is 2.26. The lowest BCUT2D eigenvalue weighted by atomic mass is 10.1. The second-order valence-electron chi connectivity index (χ2n) is 5.47. The first-order valence-electron chi connectivity index (χ1n) is 7.62. The van der Waals surface area contributed by atoms with Crippen molar-refractivity contribution in [2.45, 2.75) is 18.9 Å². The summed E-state index contributed by atoms with van der Waals surface area (Å²) in [7, 11) is 1.67. The molecule has 0 spiro atoms. The Balaban J connectivity index is 1.60. The van der Waals surface area contributed by atoms with Crippen LogP contribution < -0.4 is 0 Å². The minimum atomic E-state index is -0.00667. The number of amides is 1. The van der Waals surface area contributed by atoms with Crippen molar-refractivity contribution in [2.24, 2.45) is 0 Å². The Labute approximate surface area is 129 Å². The predicted octanol–water partition coefficient (Wildman–Crippen LogP) is 1.83. The molecule has 1 saturated heterocycles. The number of aromatic nitrogens is 2. The standard InChI is InChI=1S/C16H21N3O3/c1-21-10-11-22-12-6-8-19(9-7-12)16(20)15-13-4-2-3-5-14(13)17-18-15/h2-5,12H,6-11H2,1H3,(H,17,18). The monoisotopic (exact) mass is 303 g/mol. The third-order valence-corrected chi connectivity index (χ3v) is 4.04. The minimum Gasteiger partial charge on any atom is -0.382 e. The number of rotatable bonds is 5. The van der Waals surface area contributed by atoms with Gasteiger partial charge in [0.1, 0.15) is 0 Å². The van der Waals surface area contributed by atoms with Crippen molar-refractivity contribution in [3.05, 3.63) is 30.0 Å². The Morgan fingerprint density at radius 2 is 2.09 bits per heavy atom. The van der Waals surface area contributed by atoms with Gasteiger partial charge in [0, 0.05) is 25.6 Å². The van der Waals surface area contributed by atoms with E-state index < -0.39 is 0 Å². The number of carbonyl (C=O) groups excluding carboxylic acids is 1. The number of likely N-dealkylation sites (tertiary alicyclic amines) is 1. The van der Waals surface area contributed by atoms with Crippen molar-refractivity contribution in [1.82, 2.24) is 15.1 Å². The van der Waals surface area contributed by atoms with Gasteiger partial charge < -0.3 is 14.4 Å². The van der Waals surface area contributed by atoms with E-state index in [4.69, 9.17) is 9.47 Å². The molecular formula is C16H21N3O3. The maximum atomic E-state index is 12.6. The van der Waals surface area contributed by atoms with Crippen LogP contribution in [0.5, 0.6) is 0 Å². The van der Waals surface area contributed by atoms with E-state index in [2.05, 4.69) is 10.2 Å². The van der Waals surface area contributed by atoms with Gasteiger partial charge in [-0.25, -0.2) is 0 Å². The number of hydrogen-bond donors (Lipinski definition) is 1. The quantitative estimate of drug-likeness (QED) is 0.856. The van der Waals surface area contributed by atoms with Crippen molar-refractivity contribution < 1.29 is 14.3 Å². The Morgan fingerprint density at radius 3 is 2.86 bits per heavy atom. The van der Waals surface area contributed by atoms with E-state index in [1.165, 1.54) is 0 Å². The molecule has 118 valence electrons. The molecule has 1 aromatic heterocycles. The van der Waals surface area contributed by atoms with E-state index in [1.807, 2.05) is 29.2 Å². The molecule has 2 heterocycles. The van der Waals surface area contributed by atoms with E-state index >= 15 is 0 Å². The smallest absolute Gasteiger partial charge is 0.274 e.